The van der Waals surface area contributed by atoms with Crippen molar-refractivity contribution in [3.05, 3.63) is 71.8 Å². The van der Waals surface area contributed by atoms with Gasteiger partial charge in [-0.2, -0.15) is 0 Å². The number of aryl methyl sites for hydroxylation is 1. The number of nitrogens with one attached hydrogen (secondary N) is 1. The minimum atomic E-state index is -3.69. The van der Waals surface area contributed by atoms with Crippen LogP contribution in [0.25, 0.3) is 10.8 Å². The van der Waals surface area contributed by atoms with Crippen LogP contribution in [0.15, 0.2) is 60.7 Å². The number of hydrogen-bond donors (Lipinski definition) is 1. The summed E-state index contributed by atoms with van der Waals surface area (Å²) in [4.78, 5) is 0. The first-order valence-electron chi connectivity index (χ1n) is 10.4. The van der Waals surface area contributed by atoms with Crippen molar-refractivity contribution in [3.8, 4) is 0 Å². The second-order valence-electron chi connectivity index (χ2n) is 7.83. The van der Waals surface area contributed by atoms with Crippen LogP contribution in [-0.2, 0) is 32.2 Å². The van der Waals surface area contributed by atoms with E-state index in [1.165, 1.54) is 4.31 Å². The lowest BCUT2D eigenvalue weighted by Gasteiger charge is -2.31. The van der Waals surface area contributed by atoms with Crippen molar-refractivity contribution in [2.24, 2.45) is 0 Å². The predicted molar refractivity (Wildman–Crippen MR) is 126 cm³/mol. The minimum absolute atomic E-state index is 0.0729. The number of fused-ring (bicyclic) bond motifs is 2. The van der Waals surface area contributed by atoms with Gasteiger partial charge in [0.15, 0.2) is 0 Å². The van der Waals surface area contributed by atoms with Crippen LogP contribution in [0.4, 0.5) is 11.4 Å². The molecular weight excluding hydrogens is 432 g/mol. The molecule has 0 amide bonds. The van der Waals surface area contributed by atoms with Gasteiger partial charge in [-0.25, -0.2) is 16.8 Å². The van der Waals surface area contributed by atoms with Crippen LogP contribution in [0.5, 0.6) is 0 Å². The Bertz CT molecular complexity index is 1310. The van der Waals surface area contributed by atoms with Gasteiger partial charge in [-0.1, -0.05) is 55.5 Å². The van der Waals surface area contributed by atoms with Crippen molar-refractivity contribution in [2.75, 3.05) is 21.3 Å². The van der Waals surface area contributed by atoms with Gasteiger partial charge in [0.1, 0.15) is 0 Å². The van der Waals surface area contributed by atoms with Gasteiger partial charge in [0.25, 0.3) is 0 Å². The van der Waals surface area contributed by atoms with E-state index in [0.717, 1.165) is 34.7 Å². The van der Waals surface area contributed by atoms with Crippen molar-refractivity contribution in [1.29, 1.82) is 0 Å². The molecular formula is C23H26N2O4S2. The van der Waals surface area contributed by atoms with Gasteiger partial charge < -0.3 is 0 Å². The maximum Gasteiger partial charge on any atom is 0.236 e. The van der Waals surface area contributed by atoms with Gasteiger partial charge in [0, 0.05) is 6.54 Å². The van der Waals surface area contributed by atoms with E-state index >= 15 is 0 Å². The molecule has 31 heavy (non-hydrogen) atoms. The number of nitrogens with zero attached hydrogens (tertiary/aromatic N) is 1. The summed E-state index contributed by atoms with van der Waals surface area (Å²) in [5.41, 5.74) is 2.58. The van der Waals surface area contributed by atoms with Gasteiger partial charge >= 0.3 is 0 Å². The van der Waals surface area contributed by atoms with Crippen LogP contribution in [0, 0.1) is 0 Å². The highest BCUT2D eigenvalue weighted by Gasteiger charge is 2.27. The summed E-state index contributed by atoms with van der Waals surface area (Å²) < 4.78 is 55.3. The third kappa shape index (κ3) is 4.70. The molecule has 0 aliphatic carbocycles. The van der Waals surface area contributed by atoms with E-state index in [2.05, 4.69) is 4.72 Å². The van der Waals surface area contributed by atoms with Gasteiger partial charge in [0.05, 0.1) is 22.9 Å². The van der Waals surface area contributed by atoms with Crippen LogP contribution in [-0.4, -0.2) is 29.1 Å². The molecule has 164 valence electrons. The topological polar surface area (TPSA) is 83.6 Å². The van der Waals surface area contributed by atoms with Gasteiger partial charge in [0.2, 0.25) is 20.0 Å². The first kappa shape index (κ1) is 21.6. The van der Waals surface area contributed by atoms with Crippen molar-refractivity contribution < 1.29 is 16.8 Å². The second kappa shape index (κ2) is 8.51. The summed E-state index contributed by atoms with van der Waals surface area (Å²) in [5, 5.41) is 1.89. The molecule has 1 heterocycles. The zero-order chi connectivity index (χ0) is 22.1. The molecule has 3 aromatic rings. The fourth-order valence-electron chi connectivity index (χ4n) is 4.10. The van der Waals surface area contributed by atoms with E-state index in [0.29, 0.717) is 24.3 Å². The molecule has 6 nitrogen and oxygen atoms in total. The van der Waals surface area contributed by atoms with E-state index < -0.39 is 20.0 Å². The minimum Gasteiger partial charge on any atom is -0.283 e. The van der Waals surface area contributed by atoms with E-state index in [4.69, 9.17) is 0 Å². The third-order valence-electron chi connectivity index (χ3n) is 5.46. The number of rotatable bonds is 7. The Morgan fingerprint density at radius 3 is 2.55 bits per heavy atom. The summed E-state index contributed by atoms with van der Waals surface area (Å²) in [7, 11) is -7.11. The first-order valence-corrected chi connectivity index (χ1v) is 13.7. The Labute approximate surface area is 184 Å². The fraction of sp³-hybridized carbons (Fsp3) is 0.304. The Morgan fingerprint density at radius 1 is 0.968 bits per heavy atom. The maximum atomic E-state index is 12.9. The predicted octanol–water partition coefficient (Wildman–Crippen LogP) is 4.27. The first-order chi connectivity index (χ1) is 14.8. The fourth-order valence-corrected chi connectivity index (χ4v) is 6.93. The van der Waals surface area contributed by atoms with Crippen LogP contribution in [0.1, 0.15) is 30.9 Å². The lowest BCUT2D eigenvalue weighted by atomic mass is 10.0. The lowest BCUT2D eigenvalue weighted by molar-refractivity contribution is 0.585. The maximum absolute atomic E-state index is 12.9. The molecule has 1 N–H and O–H groups in total. The van der Waals surface area contributed by atoms with Crippen LogP contribution in [0.2, 0.25) is 0 Å². The van der Waals surface area contributed by atoms with E-state index in [1.807, 2.05) is 55.5 Å². The smallest absolute Gasteiger partial charge is 0.236 e. The summed E-state index contributed by atoms with van der Waals surface area (Å²) in [5.74, 6) is -0.0905. The summed E-state index contributed by atoms with van der Waals surface area (Å²) >= 11 is 0. The third-order valence-corrected chi connectivity index (χ3v) is 8.67. The number of hydrogen-bond acceptors (Lipinski definition) is 4. The molecule has 0 unspecified atom stereocenters. The monoisotopic (exact) mass is 458 g/mol. The molecule has 0 saturated carbocycles. The van der Waals surface area contributed by atoms with Crippen LogP contribution in [0.3, 0.4) is 0 Å². The SMILES string of the molecule is CCCS(=O)(=O)N1CCCc2ccc(NS(=O)(=O)Cc3cccc4ccccc34)cc21. The molecule has 1 aliphatic heterocycles. The molecule has 8 heteroatoms. The molecule has 1 aliphatic rings. The molecule has 0 aromatic heterocycles. The largest absolute Gasteiger partial charge is 0.283 e. The van der Waals surface area contributed by atoms with E-state index in [9.17, 15) is 16.8 Å². The average molecular weight is 459 g/mol. The van der Waals surface area contributed by atoms with E-state index in [1.54, 1.807) is 12.1 Å². The average Bonchev–Trinajstić information content (AvgIpc) is 2.73. The Kier molecular flexibility index (Phi) is 5.94. The van der Waals surface area contributed by atoms with Crippen molar-refractivity contribution >= 4 is 42.2 Å². The Hall–Kier alpha value is -2.58. The molecule has 3 aromatic carbocycles. The standard InChI is InChI=1S/C23H26N2O4S2/c1-2-15-31(28,29)25-14-6-10-19-12-13-21(16-23(19)25)24-30(26,27)17-20-9-5-8-18-7-3-4-11-22(18)20/h3-5,7-9,11-13,16,24H,2,6,10,14-15,17H2,1H3. The summed E-state index contributed by atoms with van der Waals surface area (Å²) in [6.45, 7) is 2.25. The van der Waals surface area contributed by atoms with Gasteiger partial charge in [-0.3, -0.25) is 9.03 Å². The van der Waals surface area contributed by atoms with Crippen molar-refractivity contribution in [3.63, 3.8) is 0 Å². The van der Waals surface area contributed by atoms with Crippen LogP contribution >= 0.6 is 0 Å². The quantitative estimate of drug-likeness (QED) is 0.573. The highest BCUT2D eigenvalue weighted by molar-refractivity contribution is 7.92. The van der Waals surface area contributed by atoms with Crippen LogP contribution < -0.4 is 9.03 Å². The highest BCUT2D eigenvalue weighted by Crippen LogP contribution is 2.33. The zero-order valence-corrected chi connectivity index (χ0v) is 19.0. The normalized spacial score (nSPS) is 14.4. The van der Waals surface area contributed by atoms with Crippen molar-refractivity contribution in [2.45, 2.75) is 31.9 Å². The molecule has 0 saturated heterocycles. The summed E-state index contributed by atoms with van der Waals surface area (Å²) in [6.07, 6.45) is 2.06. The molecule has 4 rings (SSSR count). The highest BCUT2D eigenvalue weighted by atomic mass is 32.2. The van der Waals surface area contributed by atoms with Gasteiger partial charge in [-0.15, -0.1) is 0 Å². The molecule has 0 spiro atoms. The number of benzene rings is 3. The zero-order valence-electron chi connectivity index (χ0n) is 17.4. The number of sulfonamides is 2. The molecule has 0 fully saturated rings. The Balaban J connectivity index is 1.62. The Morgan fingerprint density at radius 2 is 1.74 bits per heavy atom. The number of anilines is 2. The summed E-state index contributed by atoms with van der Waals surface area (Å²) in [6, 6.07) is 18.5. The lowest BCUT2D eigenvalue weighted by Crippen LogP contribution is -2.37. The molecule has 0 bridgehead atoms. The van der Waals surface area contributed by atoms with E-state index in [-0.39, 0.29) is 11.5 Å². The molecule has 0 atom stereocenters. The second-order valence-corrected chi connectivity index (χ2v) is 11.6. The van der Waals surface area contributed by atoms with Crippen molar-refractivity contribution in [1.82, 2.24) is 0 Å². The molecule has 0 radical (unpaired) electrons. The van der Waals surface area contributed by atoms with Gasteiger partial charge in [-0.05, 0) is 53.3 Å².